The molecule has 0 aliphatic carbocycles. The van der Waals surface area contributed by atoms with E-state index in [0.717, 1.165) is 16.7 Å². The molecule has 1 unspecified atom stereocenters. The second kappa shape index (κ2) is 6.57. The van der Waals surface area contributed by atoms with Gasteiger partial charge >= 0.3 is 0 Å². The van der Waals surface area contributed by atoms with Gasteiger partial charge in [0.1, 0.15) is 0 Å². The smallest absolute Gasteiger partial charge is 0.0765 e. The number of aliphatic hydroxyl groups excluding tert-OH is 2. The summed E-state index contributed by atoms with van der Waals surface area (Å²) in [4.78, 5) is 0. The number of benzene rings is 1. The van der Waals surface area contributed by atoms with Gasteiger partial charge in [0, 0.05) is 0 Å². The quantitative estimate of drug-likeness (QED) is 0.763. The maximum Gasteiger partial charge on any atom is 0.0765 e. The lowest BCUT2D eigenvalue weighted by Gasteiger charge is -2.12. The van der Waals surface area contributed by atoms with Crippen LogP contribution in [0.3, 0.4) is 0 Å². The Balaban J connectivity index is 0.000000791. The molecule has 1 aromatic rings. The zero-order chi connectivity index (χ0) is 11.1. The van der Waals surface area contributed by atoms with Crippen molar-refractivity contribution >= 4 is 0 Å². The Morgan fingerprint density at radius 1 is 1.29 bits per heavy atom. The summed E-state index contributed by atoms with van der Waals surface area (Å²) in [6.45, 7) is 7.62. The molecule has 0 heterocycles. The first-order valence-corrected chi connectivity index (χ1v) is 5.04. The molecule has 0 fully saturated rings. The van der Waals surface area contributed by atoms with Crippen molar-refractivity contribution in [3.05, 3.63) is 34.9 Å². The Labute approximate surface area is 86.2 Å². The zero-order valence-corrected chi connectivity index (χ0v) is 9.41. The predicted molar refractivity (Wildman–Crippen MR) is 59.1 cm³/mol. The minimum Gasteiger partial charge on any atom is -0.392 e. The van der Waals surface area contributed by atoms with E-state index < -0.39 is 6.10 Å². The molecule has 1 atom stereocenters. The summed E-state index contributed by atoms with van der Waals surface area (Å²) < 4.78 is 0. The summed E-state index contributed by atoms with van der Waals surface area (Å²) in [7, 11) is 0. The lowest BCUT2D eigenvalue weighted by atomic mass is 9.99. The normalized spacial score (nSPS) is 11.6. The molecule has 0 saturated carbocycles. The molecule has 0 spiro atoms. The van der Waals surface area contributed by atoms with E-state index in [2.05, 4.69) is 0 Å². The largest absolute Gasteiger partial charge is 0.392 e. The van der Waals surface area contributed by atoms with Gasteiger partial charge in [-0.15, -0.1) is 0 Å². The van der Waals surface area contributed by atoms with E-state index in [1.165, 1.54) is 0 Å². The van der Waals surface area contributed by atoms with E-state index in [1.54, 1.807) is 6.92 Å². The molecule has 1 aromatic carbocycles. The minimum atomic E-state index is -0.507. The second-order valence-corrected chi connectivity index (χ2v) is 2.98. The van der Waals surface area contributed by atoms with Gasteiger partial charge in [-0.05, 0) is 30.5 Å². The van der Waals surface area contributed by atoms with Crippen molar-refractivity contribution in [2.24, 2.45) is 0 Å². The molecular formula is C12H20O2. The first-order valence-electron chi connectivity index (χ1n) is 5.04. The Kier molecular flexibility index (Phi) is 6.17. The fourth-order valence-electron chi connectivity index (χ4n) is 1.33. The van der Waals surface area contributed by atoms with Crippen LogP contribution in [-0.4, -0.2) is 10.2 Å². The summed E-state index contributed by atoms with van der Waals surface area (Å²) in [6.07, 6.45) is -0.507. The number of hydrogen-bond donors (Lipinski definition) is 2. The van der Waals surface area contributed by atoms with Crippen molar-refractivity contribution in [2.45, 2.75) is 40.4 Å². The van der Waals surface area contributed by atoms with Gasteiger partial charge in [-0.2, -0.15) is 0 Å². The number of aliphatic hydroxyl groups is 2. The third-order valence-electron chi connectivity index (χ3n) is 2.05. The maximum atomic E-state index is 9.35. The SMILES string of the molecule is CC.Cc1cccc(C(C)O)c1CO. The van der Waals surface area contributed by atoms with Gasteiger partial charge in [-0.3, -0.25) is 0 Å². The van der Waals surface area contributed by atoms with Gasteiger partial charge in [0.2, 0.25) is 0 Å². The van der Waals surface area contributed by atoms with Crippen molar-refractivity contribution in [1.82, 2.24) is 0 Å². The Morgan fingerprint density at radius 3 is 2.21 bits per heavy atom. The molecule has 0 amide bonds. The molecule has 0 radical (unpaired) electrons. The van der Waals surface area contributed by atoms with Crippen LogP contribution in [0.25, 0.3) is 0 Å². The third kappa shape index (κ3) is 3.13. The summed E-state index contributed by atoms with van der Waals surface area (Å²) in [6, 6.07) is 5.65. The Hall–Kier alpha value is -0.860. The van der Waals surface area contributed by atoms with Gasteiger partial charge < -0.3 is 10.2 Å². The van der Waals surface area contributed by atoms with E-state index in [-0.39, 0.29) is 6.61 Å². The summed E-state index contributed by atoms with van der Waals surface area (Å²) in [5, 5.41) is 18.4. The molecule has 14 heavy (non-hydrogen) atoms. The van der Waals surface area contributed by atoms with E-state index in [9.17, 15) is 5.11 Å². The van der Waals surface area contributed by atoms with Crippen LogP contribution >= 0.6 is 0 Å². The topological polar surface area (TPSA) is 40.5 Å². The van der Waals surface area contributed by atoms with Crippen molar-refractivity contribution in [3.8, 4) is 0 Å². The predicted octanol–water partition coefficient (Wildman–Crippen LogP) is 2.57. The molecule has 0 aliphatic heterocycles. The molecule has 2 heteroatoms. The first kappa shape index (κ1) is 13.1. The van der Waals surface area contributed by atoms with Crippen LogP contribution in [0.15, 0.2) is 18.2 Å². The fraction of sp³-hybridized carbons (Fsp3) is 0.500. The lowest BCUT2D eigenvalue weighted by Crippen LogP contribution is -2.00. The van der Waals surface area contributed by atoms with Crippen LogP contribution in [-0.2, 0) is 6.61 Å². The number of hydrogen-bond acceptors (Lipinski definition) is 2. The van der Waals surface area contributed by atoms with Crippen LogP contribution in [0, 0.1) is 6.92 Å². The lowest BCUT2D eigenvalue weighted by molar-refractivity contribution is 0.193. The highest BCUT2D eigenvalue weighted by Crippen LogP contribution is 2.20. The minimum absolute atomic E-state index is 0.00704. The molecule has 0 saturated heterocycles. The monoisotopic (exact) mass is 196 g/mol. The summed E-state index contributed by atoms with van der Waals surface area (Å²) in [5.41, 5.74) is 2.68. The molecule has 2 nitrogen and oxygen atoms in total. The standard InChI is InChI=1S/C10H14O2.C2H6/c1-7-4-3-5-9(8(2)12)10(7)6-11;1-2/h3-5,8,11-12H,6H2,1-2H3;1-2H3. The van der Waals surface area contributed by atoms with E-state index in [4.69, 9.17) is 5.11 Å². The van der Waals surface area contributed by atoms with Crippen LogP contribution in [0.4, 0.5) is 0 Å². The highest BCUT2D eigenvalue weighted by atomic mass is 16.3. The van der Waals surface area contributed by atoms with Gasteiger partial charge in [0.25, 0.3) is 0 Å². The number of aryl methyl sites for hydroxylation is 1. The van der Waals surface area contributed by atoms with Gasteiger partial charge in [0.05, 0.1) is 12.7 Å². The van der Waals surface area contributed by atoms with E-state index in [1.807, 2.05) is 39.0 Å². The molecule has 80 valence electrons. The molecule has 0 aromatic heterocycles. The summed E-state index contributed by atoms with van der Waals surface area (Å²) >= 11 is 0. The maximum absolute atomic E-state index is 9.35. The van der Waals surface area contributed by atoms with Crippen molar-refractivity contribution < 1.29 is 10.2 Å². The van der Waals surface area contributed by atoms with Crippen LogP contribution in [0.2, 0.25) is 0 Å². The highest BCUT2D eigenvalue weighted by molar-refractivity contribution is 5.34. The molecule has 2 N–H and O–H groups in total. The Morgan fingerprint density at radius 2 is 1.86 bits per heavy atom. The highest BCUT2D eigenvalue weighted by Gasteiger charge is 2.07. The van der Waals surface area contributed by atoms with Gasteiger partial charge in [-0.25, -0.2) is 0 Å². The van der Waals surface area contributed by atoms with E-state index >= 15 is 0 Å². The van der Waals surface area contributed by atoms with Gasteiger partial charge in [-0.1, -0.05) is 32.0 Å². The summed E-state index contributed by atoms with van der Waals surface area (Å²) in [5.74, 6) is 0. The average molecular weight is 196 g/mol. The van der Waals surface area contributed by atoms with Gasteiger partial charge in [0.15, 0.2) is 0 Å². The zero-order valence-electron chi connectivity index (χ0n) is 9.41. The van der Waals surface area contributed by atoms with Crippen LogP contribution < -0.4 is 0 Å². The fourth-order valence-corrected chi connectivity index (χ4v) is 1.33. The molecule has 1 rings (SSSR count). The van der Waals surface area contributed by atoms with Crippen molar-refractivity contribution in [3.63, 3.8) is 0 Å². The van der Waals surface area contributed by atoms with E-state index in [0.29, 0.717) is 0 Å². The number of rotatable bonds is 2. The van der Waals surface area contributed by atoms with Crippen molar-refractivity contribution in [1.29, 1.82) is 0 Å². The van der Waals surface area contributed by atoms with Crippen LogP contribution in [0.5, 0.6) is 0 Å². The second-order valence-electron chi connectivity index (χ2n) is 2.98. The third-order valence-corrected chi connectivity index (χ3v) is 2.05. The van der Waals surface area contributed by atoms with Crippen LogP contribution in [0.1, 0.15) is 43.6 Å². The average Bonchev–Trinajstić information content (AvgIpc) is 2.20. The molecule has 0 bridgehead atoms. The Bertz CT molecular complexity index is 267. The molecule has 0 aliphatic rings. The molecular weight excluding hydrogens is 176 g/mol. The first-order chi connectivity index (χ1) is 6.66. The van der Waals surface area contributed by atoms with Crippen molar-refractivity contribution in [2.75, 3.05) is 0 Å².